The highest BCUT2D eigenvalue weighted by Gasteiger charge is 2.68. The lowest BCUT2D eigenvalue weighted by molar-refractivity contribution is -0.203. The van der Waals surface area contributed by atoms with Crippen molar-refractivity contribution >= 4 is 22.5 Å². The number of allylic oxidation sites excluding steroid dienone is 4. The van der Waals surface area contributed by atoms with Crippen LogP contribution in [0.15, 0.2) is 63.0 Å². The van der Waals surface area contributed by atoms with Crippen molar-refractivity contribution in [1.82, 2.24) is 0 Å². The van der Waals surface area contributed by atoms with Crippen molar-refractivity contribution in [3.05, 3.63) is 69.8 Å². The van der Waals surface area contributed by atoms with Gasteiger partial charge in [-0.25, -0.2) is 0 Å². The molecule has 1 heterocycles. The molecule has 0 aliphatic heterocycles. The zero-order chi connectivity index (χ0) is 33.7. The van der Waals surface area contributed by atoms with Crippen LogP contribution in [0.2, 0.25) is 0 Å². The van der Waals surface area contributed by atoms with Gasteiger partial charge in [0.05, 0.1) is 24.9 Å². The molecule has 8 unspecified atom stereocenters. The molecule has 46 heavy (non-hydrogen) atoms. The summed E-state index contributed by atoms with van der Waals surface area (Å²) in [6, 6.07) is 3.26. The number of fused-ring (bicyclic) bond motifs is 3. The molecule has 4 aliphatic rings. The van der Waals surface area contributed by atoms with Crippen LogP contribution in [0.5, 0.6) is 11.5 Å². The van der Waals surface area contributed by atoms with Crippen molar-refractivity contribution in [2.24, 2.45) is 28.6 Å². The molecule has 6 rings (SSSR count). The minimum absolute atomic E-state index is 0.105. The Hall–Kier alpha value is -3.73. The number of carbonyl (C=O) groups is 2. The number of Topliss-reactive ketones (excluding diaryl/α,β-unsaturated/α-hetero) is 1. The number of benzene rings is 1. The number of hydrogen-bond acceptors (Lipinski definition) is 10. The molecule has 0 spiro atoms. The second-order valence-corrected chi connectivity index (χ2v) is 14.8. The highest BCUT2D eigenvalue weighted by Crippen LogP contribution is 2.65. The molecule has 0 bridgehead atoms. The normalized spacial score (nSPS) is 37.3. The van der Waals surface area contributed by atoms with Crippen LogP contribution in [0, 0.1) is 28.6 Å². The lowest BCUT2D eigenvalue weighted by atomic mass is 9.42. The molecular formula is C36H42O10. The molecule has 10 heteroatoms. The van der Waals surface area contributed by atoms with Crippen LogP contribution < -0.4 is 5.43 Å². The van der Waals surface area contributed by atoms with Crippen LogP contribution in [0.1, 0.15) is 65.6 Å². The Labute approximate surface area is 266 Å². The standard InChI is InChI=1S/C36H42O10/c1-17-7-8-21-32(43)27(45-6)13-29(42)36(21,30-12-25(41)31-24(40)9-19(37)10-26(31)46-30)22(17)16-35(44)18(2)23(39)11-28-33(3,4)14-20(38)15-34(28,35)5/h7,9-10,12-13,20-23,28,37-40,44H,2,8,11,14-16H2,1,3-6H3. The third-order valence-electron chi connectivity index (χ3n) is 11.9. The molecule has 1 aromatic heterocycles. The van der Waals surface area contributed by atoms with E-state index in [1.54, 1.807) is 6.92 Å². The Bertz CT molecular complexity index is 1800. The van der Waals surface area contributed by atoms with Crippen molar-refractivity contribution in [2.75, 3.05) is 7.11 Å². The number of ether oxygens (including phenoxy) is 1. The van der Waals surface area contributed by atoms with Gasteiger partial charge in [0.15, 0.2) is 17.0 Å². The molecule has 2 fully saturated rings. The maximum Gasteiger partial charge on any atom is 0.202 e. The van der Waals surface area contributed by atoms with Crippen molar-refractivity contribution in [3.63, 3.8) is 0 Å². The molecule has 10 nitrogen and oxygen atoms in total. The number of carbonyl (C=O) groups excluding carboxylic acids is 2. The molecule has 2 aromatic rings. The van der Waals surface area contributed by atoms with Gasteiger partial charge >= 0.3 is 0 Å². The summed E-state index contributed by atoms with van der Waals surface area (Å²) >= 11 is 0. The molecule has 246 valence electrons. The molecular weight excluding hydrogens is 592 g/mol. The van der Waals surface area contributed by atoms with Crippen molar-refractivity contribution < 1.29 is 44.3 Å². The summed E-state index contributed by atoms with van der Waals surface area (Å²) in [6.45, 7) is 11.9. The summed E-state index contributed by atoms with van der Waals surface area (Å²) < 4.78 is 11.5. The largest absolute Gasteiger partial charge is 0.508 e. The van der Waals surface area contributed by atoms with E-state index < -0.39 is 68.6 Å². The fourth-order valence-corrected chi connectivity index (χ4v) is 9.80. The van der Waals surface area contributed by atoms with Crippen molar-refractivity contribution in [3.8, 4) is 11.5 Å². The molecule has 5 N–H and O–H groups in total. The van der Waals surface area contributed by atoms with Crippen LogP contribution in [0.3, 0.4) is 0 Å². The summed E-state index contributed by atoms with van der Waals surface area (Å²) in [5, 5.41) is 55.9. The number of methoxy groups -OCH3 is 1. The van der Waals surface area contributed by atoms with E-state index in [9.17, 15) is 39.9 Å². The minimum Gasteiger partial charge on any atom is -0.508 e. The zero-order valence-corrected chi connectivity index (χ0v) is 26.8. The van der Waals surface area contributed by atoms with Crippen LogP contribution >= 0.6 is 0 Å². The van der Waals surface area contributed by atoms with Gasteiger partial charge in [0.25, 0.3) is 0 Å². The third-order valence-corrected chi connectivity index (χ3v) is 11.9. The van der Waals surface area contributed by atoms with E-state index in [4.69, 9.17) is 9.15 Å². The van der Waals surface area contributed by atoms with Crippen LogP contribution in [0.25, 0.3) is 11.0 Å². The van der Waals surface area contributed by atoms with E-state index in [1.807, 2.05) is 26.8 Å². The SMILES string of the molecule is C=C1C(O)CC2C(C)(C)CC(O)CC2(C)C1(O)CC1C(C)=CCC2C(=O)C(OC)=CC(=O)C21c1cc(=O)c2c(O)cc(O)cc2o1. The molecule has 1 aromatic carbocycles. The first kappa shape index (κ1) is 32.2. The van der Waals surface area contributed by atoms with E-state index >= 15 is 0 Å². The fraction of sp³-hybridized carbons (Fsp3) is 0.528. The second kappa shape index (κ2) is 10.4. The van der Waals surface area contributed by atoms with Crippen LogP contribution in [0.4, 0.5) is 0 Å². The van der Waals surface area contributed by atoms with Crippen molar-refractivity contribution in [2.45, 2.75) is 83.0 Å². The van der Waals surface area contributed by atoms with Gasteiger partial charge in [0.1, 0.15) is 33.6 Å². The third kappa shape index (κ3) is 4.22. The quantitative estimate of drug-likeness (QED) is 0.310. The molecule has 8 atom stereocenters. The van der Waals surface area contributed by atoms with Crippen molar-refractivity contribution in [1.29, 1.82) is 0 Å². The highest BCUT2D eigenvalue weighted by atomic mass is 16.5. The molecule has 0 saturated heterocycles. The summed E-state index contributed by atoms with van der Waals surface area (Å²) in [7, 11) is 1.29. The Morgan fingerprint density at radius 2 is 1.76 bits per heavy atom. The van der Waals surface area contributed by atoms with Gasteiger partial charge in [-0.15, -0.1) is 0 Å². The number of hydrogen-bond donors (Lipinski definition) is 5. The number of aliphatic hydroxyl groups excluding tert-OH is 2. The number of phenolic OH excluding ortho intramolecular Hbond substituents is 2. The Kier molecular flexibility index (Phi) is 7.28. The highest BCUT2D eigenvalue weighted by molar-refractivity contribution is 6.14. The van der Waals surface area contributed by atoms with E-state index in [2.05, 4.69) is 6.58 Å². The lowest BCUT2D eigenvalue weighted by Gasteiger charge is -2.64. The predicted molar refractivity (Wildman–Crippen MR) is 168 cm³/mol. The van der Waals surface area contributed by atoms with Gasteiger partial charge < -0.3 is 34.7 Å². The second-order valence-electron chi connectivity index (χ2n) is 14.8. The lowest BCUT2D eigenvalue weighted by Crippen LogP contribution is -2.67. The number of ketones is 2. The number of aliphatic hydroxyl groups is 3. The molecule has 4 aliphatic carbocycles. The predicted octanol–water partition coefficient (Wildman–Crippen LogP) is 3.95. The van der Waals surface area contributed by atoms with Gasteiger partial charge in [0.2, 0.25) is 5.78 Å². The summed E-state index contributed by atoms with van der Waals surface area (Å²) in [5.74, 6) is -4.51. The van der Waals surface area contributed by atoms with Crippen LogP contribution in [-0.2, 0) is 19.7 Å². The summed E-state index contributed by atoms with van der Waals surface area (Å²) in [4.78, 5) is 42.2. The van der Waals surface area contributed by atoms with Gasteiger partial charge in [-0.1, -0.05) is 39.0 Å². The van der Waals surface area contributed by atoms with Gasteiger partial charge in [-0.05, 0) is 55.9 Å². The first-order chi connectivity index (χ1) is 21.4. The first-order valence-electron chi connectivity index (χ1n) is 15.7. The Morgan fingerprint density at radius 1 is 1.07 bits per heavy atom. The number of rotatable bonds is 4. The first-order valence-corrected chi connectivity index (χ1v) is 15.7. The van der Waals surface area contributed by atoms with Crippen LogP contribution in [-0.4, -0.2) is 62.0 Å². The maximum atomic E-state index is 14.6. The maximum absolute atomic E-state index is 14.6. The average Bonchev–Trinajstić information content (AvgIpc) is 2.95. The smallest absolute Gasteiger partial charge is 0.202 e. The van der Waals surface area contributed by atoms with E-state index in [-0.39, 0.29) is 59.0 Å². The number of aromatic hydroxyl groups is 2. The Morgan fingerprint density at radius 3 is 2.43 bits per heavy atom. The number of phenols is 2. The van der Waals surface area contributed by atoms with E-state index in [1.165, 1.54) is 7.11 Å². The average molecular weight is 635 g/mol. The van der Waals surface area contributed by atoms with Gasteiger partial charge in [-0.2, -0.15) is 0 Å². The Balaban J connectivity index is 1.63. The zero-order valence-electron chi connectivity index (χ0n) is 26.8. The summed E-state index contributed by atoms with van der Waals surface area (Å²) in [5.41, 5.74) is -5.16. The monoisotopic (exact) mass is 634 g/mol. The van der Waals surface area contributed by atoms with E-state index in [0.29, 0.717) is 18.4 Å². The topological polar surface area (TPSA) is 175 Å². The minimum atomic E-state index is -1.85. The van der Waals surface area contributed by atoms with Gasteiger partial charge in [0, 0.05) is 41.5 Å². The fourth-order valence-electron chi connectivity index (χ4n) is 9.80. The molecule has 0 amide bonds. The molecule has 0 radical (unpaired) electrons. The van der Waals surface area contributed by atoms with Gasteiger partial charge in [-0.3, -0.25) is 14.4 Å². The summed E-state index contributed by atoms with van der Waals surface area (Å²) in [6.07, 6.45) is 2.10. The van der Waals surface area contributed by atoms with E-state index in [0.717, 1.165) is 24.3 Å². The molecule has 2 saturated carbocycles.